The average Bonchev–Trinajstić information content (AvgIpc) is 3.26. The van der Waals surface area contributed by atoms with Crippen molar-refractivity contribution in [1.29, 1.82) is 0 Å². The molecule has 25 heavy (non-hydrogen) atoms. The quantitative estimate of drug-likeness (QED) is 0.604. The molecule has 0 unspecified atom stereocenters. The van der Waals surface area contributed by atoms with Gasteiger partial charge in [-0.25, -0.2) is 18.1 Å². The lowest BCUT2D eigenvalue weighted by molar-refractivity contribution is 0.521. The molecule has 6 nitrogen and oxygen atoms in total. The zero-order valence-corrected chi connectivity index (χ0v) is 15.3. The van der Waals surface area contributed by atoms with Gasteiger partial charge in [-0.1, -0.05) is 12.1 Å². The Balaban J connectivity index is 1.53. The summed E-state index contributed by atoms with van der Waals surface area (Å²) in [5, 5.41) is 0. The van der Waals surface area contributed by atoms with Crippen LogP contribution >= 0.6 is 11.8 Å². The summed E-state index contributed by atoms with van der Waals surface area (Å²) >= 11 is 1.61. The Hall–Kier alpha value is -2.03. The van der Waals surface area contributed by atoms with Crippen molar-refractivity contribution in [2.45, 2.75) is 17.6 Å². The average molecular weight is 378 g/mol. The first kappa shape index (κ1) is 17.8. The van der Waals surface area contributed by atoms with Gasteiger partial charge in [0.1, 0.15) is 17.7 Å². The number of sulfonamides is 1. The van der Waals surface area contributed by atoms with Gasteiger partial charge in [0.2, 0.25) is 10.0 Å². The molecule has 2 aromatic heterocycles. The smallest absolute Gasteiger partial charge is 0.240 e. The predicted octanol–water partition coefficient (Wildman–Crippen LogP) is 3.45. The van der Waals surface area contributed by atoms with Gasteiger partial charge in [0.05, 0.1) is 16.9 Å². The van der Waals surface area contributed by atoms with Crippen LogP contribution in [-0.2, 0) is 15.8 Å². The van der Waals surface area contributed by atoms with Gasteiger partial charge < -0.3 is 8.83 Å². The lowest BCUT2D eigenvalue weighted by Gasteiger charge is -2.07. The minimum atomic E-state index is -3.52. The molecule has 8 heteroatoms. The summed E-state index contributed by atoms with van der Waals surface area (Å²) in [7, 11) is -3.52. The number of benzene rings is 1. The first-order valence-corrected chi connectivity index (χ1v) is 10.3. The van der Waals surface area contributed by atoms with Crippen LogP contribution in [0.3, 0.4) is 0 Å². The van der Waals surface area contributed by atoms with Crippen LogP contribution in [0, 0.1) is 6.92 Å². The fourth-order valence-corrected chi connectivity index (χ4v) is 4.12. The van der Waals surface area contributed by atoms with Crippen LogP contribution in [0.4, 0.5) is 0 Å². The van der Waals surface area contributed by atoms with E-state index in [2.05, 4.69) is 9.71 Å². The van der Waals surface area contributed by atoms with Gasteiger partial charge in [-0.05, 0) is 24.3 Å². The van der Waals surface area contributed by atoms with Crippen LogP contribution < -0.4 is 4.72 Å². The summed E-state index contributed by atoms with van der Waals surface area (Å²) in [6.45, 7) is 2.12. The van der Waals surface area contributed by atoms with E-state index < -0.39 is 10.0 Å². The Bertz CT molecular complexity index is 901. The van der Waals surface area contributed by atoms with Crippen LogP contribution in [0.2, 0.25) is 0 Å². The number of nitrogens with zero attached hydrogens (tertiary/aromatic N) is 1. The van der Waals surface area contributed by atoms with Crippen molar-refractivity contribution in [2.24, 2.45) is 0 Å². The summed E-state index contributed by atoms with van der Waals surface area (Å²) in [4.78, 5) is 4.45. The topological polar surface area (TPSA) is 85.3 Å². The second-order valence-corrected chi connectivity index (χ2v) is 8.18. The number of thioether (sulfide) groups is 1. The molecular formula is C17H18N2O4S2. The van der Waals surface area contributed by atoms with Crippen LogP contribution in [0.15, 0.2) is 62.7 Å². The third kappa shape index (κ3) is 4.75. The minimum Gasteiger partial charge on any atom is -0.468 e. The monoisotopic (exact) mass is 378 g/mol. The molecule has 0 saturated heterocycles. The third-order valence-electron chi connectivity index (χ3n) is 3.44. The molecule has 1 aromatic carbocycles. The van der Waals surface area contributed by atoms with Gasteiger partial charge >= 0.3 is 0 Å². The molecule has 132 valence electrons. The van der Waals surface area contributed by atoms with Crippen molar-refractivity contribution in [2.75, 3.05) is 12.3 Å². The lowest BCUT2D eigenvalue weighted by atomic mass is 10.2. The largest absolute Gasteiger partial charge is 0.468 e. The maximum absolute atomic E-state index is 12.3. The fourth-order valence-electron chi connectivity index (χ4n) is 2.20. The molecule has 0 spiro atoms. The highest BCUT2D eigenvalue weighted by molar-refractivity contribution is 7.98. The van der Waals surface area contributed by atoms with Gasteiger partial charge in [-0.2, -0.15) is 11.8 Å². The van der Waals surface area contributed by atoms with E-state index in [1.165, 1.54) is 0 Å². The van der Waals surface area contributed by atoms with Crippen molar-refractivity contribution < 1.29 is 17.3 Å². The molecule has 0 bridgehead atoms. The second kappa shape index (κ2) is 7.90. The Morgan fingerprint density at radius 1 is 1.16 bits per heavy atom. The van der Waals surface area contributed by atoms with E-state index in [4.69, 9.17) is 8.83 Å². The van der Waals surface area contributed by atoms with Gasteiger partial charge in [-0.3, -0.25) is 0 Å². The molecule has 0 saturated carbocycles. The number of rotatable bonds is 8. The van der Waals surface area contributed by atoms with Crippen LogP contribution in [0.1, 0.15) is 11.7 Å². The molecule has 3 rings (SSSR count). The Labute approximate surface area is 150 Å². The van der Waals surface area contributed by atoms with Crippen molar-refractivity contribution >= 4 is 21.8 Å². The van der Waals surface area contributed by atoms with E-state index in [9.17, 15) is 8.42 Å². The Kier molecular flexibility index (Phi) is 5.62. The molecule has 0 radical (unpaired) electrons. The van der Waals surface area contributed by atoms with E-state index in [0.717, 1.165) is 17.1 Å². The zero-order valence-electron chi connectivity index (χ0n) is 13.6. The minimum absolute atomic E-state index is 0.229. The molecule has 2 heterocycles. The Morgan fingerprint density at radius 2 is 1.96 bits per heavy atom. The van der Waals surface area contributed by atoms with Gasteiger partial charge in [0, 0.05) is 24.8 Å². The number of aromatic nitrogens is 1. The highest BCUT2D eigenvalue weighted by Crippen LogP contribution is 2.20. The zero-order chi connectivity index (χ0) is 17.7. The van der Waals surface area contributed by atoms with Crippen molar-refractivity contribution in [1.82, 2.24) is 9.71 Å². The highest BCUT2D eigenvalue weighted by atomic mass is 32.2. The fraction of sp³-hybridized carbons (Fsp3) is 0.235. The first-order chi connectivity index (χ1) is 12.0. The number of hydrogen-bond donors (Lipinski definition) is 1. The lowest BCUT2D eigenvalue weighted by Crippen LogP contribution is -2.26. The first-order valence-electron chi connectivity index (χ1n) is 7.67. The molecule has 1 N–H and O–H groups in total. The summed E-state index contributed by atoms with van der Waals surface area (Å²) in [6, 6.07) is 10.3. The van der Waals surface area contributed by atoms with Crippen molar-refractivity contribution in [3.63, 3.8) is 0 Å². The number of furan rings is 1. The SMILES string of the molecule is Cc1nc(-c2ccc(S(=O)(=O)NCCSCc3ccco3)cc2)co1. The molecule has 0 aliphatic heterocycles. The number of hydrogen-bond acceptors (Lipinski definition) is 6. The number of oxazole rings is 1. The molecule has 0 fully saturated rings. The van der Waals surface area contributed by atoms with E-state index in [1.54, 1.807) is 55.5 Å². The molecule has 0 aliphatic carbocycles. The molecular weight excluding hydrogens is 360 g/mol. The number of aryl methyl sites for hydroxylation is 1. The standard InChI is InChI=1S/C17H18N2O4S2/c1-13-19-17(11-23-13)14-4-6-16(7-5-14)25(20,21)18-8-10-24-12-15-3-2-9-22-15/h2-7,9,11,18H,8,10,12H2,1H3. The van der Waals surface area contributed by atoms with Crippen molar-refractivity contribution in [3.05, 3.63) is 60.6 Å². The van der Waals surface area contributed by atoms with Gasteiger partial charge in [-0.15, -0.1) is 0 Å². The molecule has 0 atom stereocenters. The second-order valence-electron chi connectivity index (χ2n) is 5.31. The van der Waals surface area contributed by atoms with E-state index >= 15 is 0 Å². The van der Waals surface area contributed by atoms with E-state index in [1.807, 2.05) is 12.1 Å². The normalized spacial score (nSPS) is 11.7. The Morgan fingerprint density at radius 3 is 2.60 bits per heavy atom. The van der Waals surface area contributed by atoms with Gasteiger partial charge in [0.25, 0.3) is 0 Å². The summed E-state index contributed by atoms with van der Waals surface area (Å²) in [6.07, 6.45) is 3.18. The highest BCUT2D eigenvalue weighted by Gasteiger charge is 2.14. The maximum Gasteiger partial charge on any atom is 0.240 e. The van der Waals surface area contributed by atoms with Crippen LogP contribution in [0.5, 0.6) is 0 Å². The third-order valence-corrected chi connectivity index (χ3v) is 5.90. The summed E-state index contributed by atoms with van der Waals surface area (Å²) in [5.74, 6) is 2.84. The summed E-state index contributed by atoms with van der Waals surface area (Å²) < 4.78 is 37.6. The molecule has 3 aromatic rings. The van der Waals surface area contributed by atoms with Crippen LogP contribution in [-0.4, -0.2) is 25.7 Å². The van der Waals surface area contributed by atoms with E-state index in [0.29, 0.717) is 23.9 Å². The maximum atomic E-state index is 12.3. The summed E-state index contributed by atoms with van der Waals surface area (Å²) in [5.41, 5.74) is 1.49. The van der Waals surface area contributed by atoms with Crippen molar-refractivity contribution in [3.8, 4) is 11.3 Å². The predicted molar refractivity (Wildman–Crippen MR) is 96.7 cm³/mol. The van der Waals surface area contributed by atoms with E-state index in [-0.39, 0.29) is 4.90 Å². The number of nitrogens with one attached hydrogen (secondary N) is 1. The molecule has 0 aliphatic rings. The van der Waals surface area contributed by atoms with Gasteiger partial charge in [0.15, 0.2) is 5.89 Å². The molecule has 0 amide bonds. The van der Waals surface area contributed by atoms with Crippen LogP contribution in [0.25, 0.3) is 11.3 Å².